The van der Waals surface area contributed by atoms with Crippen LogP contribution in [0.15, 0.2) is 24.3 Å². The summed E-state index contributed by atoms with van der Waals surface area (Å²) in [6.45, 7) is 0.305. The van der Waals surface area contributed by atoms with Crippen LogP contribution in [0, 0.1) is 11.7 Å². The Morgan fingerprint density at radius 1 is 1.27 bits per heavy atom. The van der Waals surface area contributed by atoms with Crippen LogP contribution in [0.25, 0.3) is 0 Å². The van der Waals surface area contributed by atoms with Crippen molar-refractivity contribution in [3.05, 3.63) is 30.1 Å². The van der Waals surface area contributed by atoms with Crippen molar-refractivity contribution in [1.29, 1.82) is 0 Å². The summed E-state index contributed by atoms with van der Waals surface area (Å²) in [6.07, 6.45) is 2.87. The summed E-state index contributed by atoms with van der Waals surface area (Å²) in [7, 11) is -0.332. The number of piperidine rings is 1. The Labute approximate surface area is 130 Å². The van der Waals surface area contributed by atoms with Crippen molar-refractivity contribution in [2.24, 2.45) is 5.92 Å². The Bertz CT molecular complexity index is 633. The lowest BCUT2D eigenvalue weighted by atomic mass is 10.0. The van der Waals surface area contributed by atoms with Gasteiger partial charge in [-0.05, 0) is 49.4 Å². The average molecular weight is 328 g/mol. The Balaban J connectivity index is 1.75. The van der Waals surface area contributed by atoms with E-state index in [0.29, 0.717) is 18.3 Å². The molecule has 7 heteroatoms. The second-order valence-corrected chi connectivity index (χ2v) is 8.23. The predicted molar refractivity (Wildman–Crippen MR) is 81.3 cm³/mol. The lowest BCUT2D eigenvalue weighted by Crippen LogP contribution is -2.51. The highest BCUT2D eigenvalue weighted by molar-refractivity contribution is 7.86. The number of ether oxygens (including phenoxy) is 1. The number of hydrogen-bond acceptors (Lipinski definition) is 3. The van der Waals surface area contributed by atoms with Gasteiger partial charge in [0.05, 0.1) is 6.04 Å². The first-order valence-corrected chi connectivity index (χ1v) is 8.88. The van der Waals surface area contributed by atoms with Gasteiger partial charge in [0.2, 0.25) is 0 Å². The molecule has 2 fully saturated rings. The van der Waals surface area contributed by atoms with E-state index in [0.717, 1.165) is 19.3 Å². The Kier molecular flexibility index (Phi) is 4.13. The smallest absolute Gasteiger partial charge is 0.282 e. The lowest BCUT2D eigenvalue weighted by Gasteiger charge is -2.35. The molecule has 0 N–H and O–H groups in total. The number of benzene rings is 1. The fourth-order valence-electron chi connectivity index (χ4n) is 3.52. The molecule has 22 heavy (non-hydrogen) atoms. The highest BCUT2D eigenvalue weighted by Gasteiger charge is 2.51. The van der Waals surface area contributed by atoms with E-state index in [1.807, 2.05) is 0 Å². The molecule has 0 spiro atoms. The molecule has 0 aromatic heterocycles. The monoisotopic (exact) mass is 328 g/mol. The van der Waals surface area contributed by atoms with Crippen LogP contribution >= 0.6 is 0 Å². The highest BCUT2D eigenvalue weighted by Crippen LogP contribution is 2.44. The zero-order valence-electron chi connectivity index (χ0n) is 12.8. The number of hydrogen-bond donors (Lipinski definition) is 0. The molecule has 0 radical (unpaired) electrons. The summed E-state index contributed by atoms with van der Waals surface area (Å²) in [4.78, 5) is 0. The topological polar surface area (TPSA) is 49.9 Å². The second kappa shape index (κ2) is 5.79. The first-order chi connectivity index (χ1) is 10.4. The zero-order chi connectivity index (χ0) is 15.9. The maximum Gasteiger partial charge on any atom is 0.282 e. The van der Waals surface area contributed by atoms with E-state index in [1.54, 1.807) is 30.5 Å². The predicted octanol–water partition coefficient (Wildman–Crippen LogP) is 1.86. The van der Waals surface area contributed by atoms with Crippen molar-refractivity contribution in [1.82, 2.24) is 8.61 Å². The molecule has 1 heterocycles. The number of nitrogens with zero attached hydrogens (tertiary/aromatic N) is 2. The first-order valence-electron chi connectivity index (χ1n) is 7.49. The van der Waals surface area contributed by atoms with E-state index < -0.39 is 10.2 Å². The van der Waals surface area contributed by atoms with Crippen LogP contribution in [0.2, 0.25) is 0 Å². The third kappa shape index (κ3) is 2.73. The minimum atomic E-state index is -3.44. The molecule has 0 amide bonds. The Hall–Kier alpha value is -1.18. The van der Waals surface area contributed by atoms with Crippen LogP contribution < -0.4 is 4.74 Å². The maximum absolute atomic E-state index is 12.9. The minimum Gasteiger partial charge on any atom is -0.492 e. The average Bonchev–Trinajstić information content (AvgIpc) is 3.07. The summed E-state index contributed by atoms with van der Waals surface area (Å²) >= 11 is 0. The van der Waals surface area contributed by atoms with Gasteiger partial charge in [-0.1, -0.05) is 0 Å². The van der Waals surface area contributed by atoms with Gasteiger partial charge in [-0.15, -0.1) is 0 Å². The third-order valence-electron chi connectivity index (χ3n) is 4.64. The van der Waals surface area contributed by atoms with E-state index in [1.165, 1.54) is 16.4 Å². The van der Waals surface area contributed by atoms with Gasteiger partial charge in [0.15, 0.2) is 0 Å². The number of halogens is 1. The fourth-order valence-corrected chi connectivity index (χ4v) is 5.04. The van der Waals surface area contributed by atoms with Crippen LogP contribution in [-0.4, -0.2) is 49.8 Å². The Morgan fingerprint density at radius 2 is 1.95 bits per heavy atom. The molecule has 3 atom stereocenters. The zero-order valence-corrected chi connectivity index (χ0v) is 13.6. The standard InChI is InChI=1S/C15H21FN2O3S/c1-17(2)22(19,20)18-13-6-3-11(9-13)15(18)10-21-14-7-4-12(16)5-8-14/h4-5,7-8,11,13,15H,3,6,9-10H2,1-2H3/t11-,13-,15+/m0/s1. The molecule has 3 rings (SSSR count). The Morgan fingerprint density at radius 3 is 2.59 bits per heavy atom. The molecular weight excluding hydrogens is 307 g/mol. The van der Waals surface area contributed by atoms with Gasteiger partial charge in [0.25, 0.3) is 10.2 Å². The van der Waals surface area contributed by atoms with E-state index in [2.05, 4.69) is 0 Å². The van der Waals surface area contributed by atoms with Gasteiger partial charge in [0.1, 0.15) is 18.2 Å². The van der Waals surface area contributed by atoms with Crippen LogP contribution in [-0.2, 0) is 10.2 Å². The molecule has 1 aliphatic heterocycles. The summed E-state index contributed by atoms with van der Waals surface area (Å²) in [6, 6.07) is 5.74. The summed E-state index contributed by atoms with van der Waals surface area (Å²) in [5.41, 5.74) is 0. The van der Waals surface area contributed by atoms with Crippen LogP contribution in [0.5, 0.6) is 5.75 Å². The van der Waals surface area contributed by atoms with Gasteiger partial charge in [-0.25, -0.2) is 4.39 Å². The first kappa shape index (κ1) is 15.7. The molecule has 1 aromatic carbocycles. The molecule has 2 bridgehead atoms. The molecule has 1 saturated heterocycles. The molecule has 2 aliphatic rings. The molecule has 1 saturated carbocycles. The van der Waals surface area contributed by atoms with Gasteiger partial charge in [-0.3, -0.25) is 0 Å². The molecule has 1 aliphatic carbocycles. The fraction of sp³-hybridized carbons (Fsp3) is 0.600. The van der Waals surface area contributed by atoms with Crippen LogP contribution in [0.1, 0.15) is 19.3 Å². The third-order valence-corrected chi connectivity index (χ3v) is 6.66. The maximum atomic E-state index is 12.9. The van der Waals surface area contributed by atoms with E-state index in [9.17, 15) is 12.8 Å². The highest BCUT2D eigenvalue weighted by atomic mass is 32.2. The molecule has 1 aromatic rings. The summed E-state index contributed by atoms with van der Waals surface area (Å²) in [5, 5.41) is 0. The molecule has 0 unspecified atom stereocenters. The van der Waals surface area contributed by atoms with E-state index in [-0.39, 0.29) is 17.9 Å². The van der Waals surface area contributed by atoms with Crippen molar-refractivity contribution >= 4 is 10.2 Å². The van der Waals surface area contributed by atoms with Crippen molar-refractivity contribution in [2.45, 2.75) is 31.3 Å². The second-order valence-electron chi connectivity index (χ2n) is 6.18. The van der Waals surface area contributed by atoms with Crippen LogP contribution in [0.3, 0.4) is 0 Å². The van der Waals surface area contributed by atoms with E-state index in [4.69, 9.17) is 4.74 Å². The minimum absolute atomic E-state index is 0.0826. The van der Waals surface area contributed by atoms with E-state index >= 15 is 0 Å². The number of fused-ring (bicyclic) bond motifs is 2. The normalized spacial score (nSPS) is 28.5. The summed E-state index contributed by atoms with van der Waals surface area (Å²) in [5.74, 6) is 0.593. The number of rotatable bonds is 5. The van der Waals surface area contributed by atoms with Crippen molar-refractivity contribution < 1.29 is 17.5 Å². The van der Waals surface area contributed by atoms with Crippen molar-refractivity contribution in [3.63, 3.8) is 0 Å². The molecule has 5 nitrogen and oxygen atoms in total. The van der Waals surface area contributed by atoms with Gasteiger partial charge in [0, 0.05) is 20.1 Å². The lowest BCUT2D eigenvalue weighted by molar-refractivity contribution is 0.157. The summed E-state index contributed by atoms with van der Waals surface area (Å²) < 4.78 is 46.6. The van der Waals surface area contributed by atoms with Gasteiger partial charge < -0.3 is 4.74 Å². The van der Waals surface area contributed by atoms with Crippen molar-refractivity contribution in [3.8, 4) is 5.75 Å². The van der Waals surface area contributed by atoms with Gasteiger partial charge in [-0.2, -0.15) is 17.0 Å². The van der Waals surface area contributed by atoms with Crippen LogP contribution in [0.4, 0.5) is 4.39 Å². The molecular formula is C15H21FN2O3S. The van der Waals surface area contributed by atoms with Crippen molar-refractivity contribution in [2.75, 3.05) is 20.7 Å². The quantitative estimate of drug-likeness (QED) is 0.829. The largest absolute Gasteiger partial charge is 0.492 e. The molecule has 122 valence electrons. The van der Waals surface area contributed by atoms with Gasteiger partial charge >= 0.3 is 0 Å². The SMILES string of the molecule is CN(C)S(=O)(=O)N1[C@H]2CC[C@@H](C2)[C@H]1COc1ccc(F)cc1.